The van der Waals surface area contributed by atoms with Crippen molar-refractivity contribution in [1.29, 1.82) is 0 Å². The van der Waals surface area contributed by atoms with Gasteiger partial charge in [-0.05, 0) is 56.2 Å². The Morgan fingerprint density at radius 1 is 1.11 bits per heavy atom. The molecular formula is C25H25FN4O4S. The van der Waals surface area contributed by atoms with E-state index >= 15 is 0 Å². The molecule has 0 fully saturated rings. The number of hydrogen-bond donors (Lipinski definition) is 2. The number of carbonyl (C=O) groups is 3. The minimum atomic E-state index is -0.836. The Morgan fingerprint density at radius 2 is 1.86 bits per heavy atom. The lowest BCUT2D eigenvalue weighted by atomic mass is 10.1. The van der Waals surface area contributed by atoms with E-state index in [0.717, 1.165) is 27.4 Å². The van der Waals surface area contributed by atoms with E-state index in [9.17, 15) is 18.8 Å². The van der Waals surface area contributed by atoms with Gasteiger partial charge in [-0.1, -0.05) is 24.3 Å². The van der Waals surface area contributed by atoms with Crippen LogP contribution in [0.5, 0.6) is 5.75 Å². The lowest BCUT2D eigenvalue weighted by Gasteiger charge is -2.18. The van der Waals surface area contributed by atoms with Gasteiger partial charge in [-0.3, -0.25) is 30.1 Å². The molecule has 8 nitrogen and oxygen atoms in total. The SMILES string of the molecule is CC(=O)N(c1nc(/C=C/C(=O)NNC(=O)C(C)Oc2cccc(C)c2C)cs1)c1ccccc1F. The molecule has 10 heteroatoms. The fraction of sp³-hybridized carbons (Fsp3) is 0.200. The van der Waals surface area contributed by atoms with Crippen molar-refractivity contribution in [2.75, 3.05) is 4.90 Å². The molecule has 0 spiro atoms. The Kier molecular flexibility index (Phi) is 8.32. The minimum Gasteiger partial charge on any atom is -0.481 e. The fourth-order valence-electron chi connectivity index (χ4n) is 3.02. The monoisotopic (exact) mass is 496 g/mol. The molecule has 1 heterocycles. The Hall–Kier alpha value is -4.05. The number of para-hydroxylation sites is 1. The molecule has 3 rings (SSSR count). The molecule has 0 saturated heterocycles. The number of ether oxygens (including phenoxy) is 1. The Labute approximate surface area is 206 Å². The van der Waals surface area contributed by atoms with Crippen molar-refractivity contribution >= 4 is 46.0 Å². The number of carbonyl (C=O) groups excluding carboxylic acids is 3. The highest BCUT2D eigenvalue weighted by Gasteiger charge is 2.20. The first-order chi connectivity index (χ1) is 16.7. The molecule has 2 N–H and O–H groups in total. The van der Waals surface area contributed by atoms with Gasteiger partial charge in [0.2, 0.25) is 5.91 Å². The Morgan fingerprint density at radius 3 is 2.57 bits per heavy atom. The van der Waals surface area contributed by atoms with E-state index in [-0.39, 0.29) is 10.8 Å². The zero-order valence-corrected chi connectivity index (χ0v) is 20.5. The molecular weight excluding hydrogens is 471 g/mol. The van der Waals surface area contributed by atoms with Crippen LogP contribution in [0.15, 0.2) is 53.9 Å². The van der Waals surface area contributed by atoms with E-state index in [1.165, 1.54) is 37.3 Å². The number of halogens is 1. The van der Waals surface area contributed by atoms with Crippen LogP contribution in [0.25, 0.3) is 6.08 Å². The summed E-state index contributed by atoms with van der Waals surface area (Å²) in [7, 11) is 0. The van der Waals surface area contributed by atoms with Gasteiger partial charge in [-0.25, -0.2) is 9.37 Å². The molecule has 0 aliphatic rings. The number of aryl methyl sites for hydroxylation is 1. The topological polar surface area (TPSA) is 101 Å². The minimum absolute atomic E-state index is 0.0857. The third-order valence-corrected chi connectivity index (χ3v) is 5.90. The van der Waals surface area contributed by atoms with Crippen LogP contribution in [0, 0.1) is 19.7 Å². The summed E-state index contributed by atoms with van der Waals surface area (Å²) < 4.78 is 19.9. The summed E-state index contributed by atoms with van der Waals surface area (Å²) >= 11 is 1.12. The largest absolute Gasteiger partial charge is 0.481 e. The zero-order chi connectivity index (χ0) is 25.5. The van der Waals surface area contributed by atoms with E-state index in [4.69, 9.17) is 4.74 Å². The van der Waals surface area contributed by atoms with Gasteiger partial charge >= 0.3 is 0 Å². The third-order valence-electron chi connectivity index (χ3n) is 5.05. The smallest absolute Gasteiger partial charge is 0.279 e. The molecule has 3 amide bonds. The van der Waals surface area contributed by atoms with Crippen LogP contribution in [0.2, 0.25) is 0 Å². The molecule has 0 bridgehead atoms. The number of rotatable bonds is 7. The molecule has 35 heavy (non-hydrogen) atoms. The number of thiazole rings is 1. The normalized spacial score (nSPS) is 11.7. The Bertz CT molecular complexity index is 1270. The van der Waals surface area contributed by atoms with Crippen molar-refractivity contribution in [3.05, 3.63) is 76.6 Å². The van der Waals surface area contributed by atoms with Crippen LogP contribution in [-0.4, -0.2) is 28.8 Å². The first-order valence-corrected chi connectivity index (χ1v) is 11.6. The number of amides is 3. The van der Waals surface area contributed by atoms with Crippen molar-refractivity contribution in [2.45, 2.75) is 33.8 Å². The second kappa shape index (κ2) is 11.4. The van der Waals surface area contributed by atoms with Gasteiger partial charge in [0, 0.05) is 18.4 Å². The molecule has 1 atom stereocenters. The van der Waals surface area contributed by atoms with Crippen LogP contribution in [-0.2, 0) is 14.4 Å². The van der Waals surface area contributed by atoms with Crippen molar-refractivity contribution < 1.29 is 23.5 Å². The second-order valence-electron chi connectivity index (χ2n) is 7.63. The van der Waals surface area contributed by atoms with E-state index in [2.05, 4.69) is 15.8 Å². The van der Waals surface area contributed by atoms with Gasteiger partial charge in [0.25, 0.3) is 11.8 Å². The number of benzene rings is 2. The third kappa shape index (κ3) is 6.51. The maximum Gasteiger partial charge on any atom is 0.279 e. The van der Waals surface area contributed by atoms with Gasteiger partial charge in [-0.15, -0.1) is 11.3 Å². The predicted molar refractivity (Wildman–Crippen MR) is 133 cm³/mol. The maximum absolute atomic E-state index is 14.2. The van der Waals surface area contributed by atoms with Gasteiger partial charge in [0.05, 0.1) is 11.4 Å². The predicted octanol–water partition coefficient (Wildman–Crippen LogP) is 4.21. The maximum atomic E-state index is 14.2. The highest BCUT2D eigenvalue weighted by atomic mass is 32.1. The van der Waals surface area contributed by atoms with Crippen molar-refractivity contribution in [3.63, 3.8) is 0 Å². The number of hydrazine groups is 1. The molecule has 0 aliphatic heterocycles. The zero-order valence-electron chi connectivity index (χ0n) is 19.7. The quantitative estimate of drug-likeness (QED) is 0.377. The molecule has 2 aromatic carbocycles. The summed E-state index contributed by atoms with van der Waals surface area (Å²) in [5.41, 5.74) is 7.04. The first kappa shape index (κ1) is 25.6. The summed E-state index contributed by atoms with van der Waals surface area (Å²) in [4.78, 5) is 42.0. The van der Waals surface area contributed by atoms with E-state index < -0.39 is 29.6 Å². The molecule has 182 valence electrons. The van der Waals surface area contributed by atoms with E-state index in [0.29, 0.717) is 11.4 Å². The van der Waals surface area contributed by atoms with Crippen molar-refractivity contribution in [3.8, 4) is 5.75 Å². The number of anilines is 2. The fourth-order valence-corrected chi connectivity index (χ4v) is 3.87. The number of hydrogen-bond acceptors (Lipinski definition) is 6. The molecule has 3 aromatic rings. The second-order valence-corrected chi connectivity index (χ2v) is 8.47. The number of nitrogens with one attached hydrogen (secondary N) is 2. The van der Waals surface area contributed by atoms with Crippen LogP contribution < -0.4 is 20.5 Å². The average Bonchev–Trinajstić information content (AvgIpc) is 3.28. The van der Waals surface area contributed by atoms with Crippen LogP contribution in [0.4, 0.5) is 15.2 Å². The highest BCUT2D eigenvalue weighted by molar-refractivity contribution is 7.14. The van der Waals surface area contributed by atoms with Crippen molar-refractivity contribution in [2.24, 2.45) is 0 Å². The van der Waals surface area contributed by atoms with Crippen LogP contribution in [0.3, 0.4) is 0 Å². The molecule has 0 saturated carbocycles. The molecule has 0 radical (unpaired) electrons. The summed E-state index contributed by atoms with van der Waals surface area (Å²) in [6.07, 6.45) is 1.75. The van der Waals surface area contributed by atoms with Gasteiger partial charge in [0.1, 0.15) is 11.6 Å². The van der Waals surface area contributed by atoms with Crippen LogP contribution >= 0.6 is 11.3 Å². The molecule has 1 aromatic heterocycles. The number of nitrogens with zero attached hydrogens (tertiary/aromatic N) is 2. The summed E-state index contributed by atoms with van der Waals surface area (Å²) in [5, 5.41) is 1.88. The lowest BCUT2D eigenvalue weighted by Crippen LogP contribution is -2.46. The number of aromatic nitrogens is 1. The summed E-state index contributed by atoms with van der Waals surface area (Å²) in [6, 6.07) is 11.4. The average molecular weight is 497 g/mol. The lowest BCUT2D eigenvalue weighted by molar-refractivity contribution is -0.131. The van der Waals surface area contributed by atoms with Crippen LogP contribution in [0.1, 0.15) is 30.7 Å². The van der Waals surface area contributed by atoms with Gasteiger partial charge in [-0.2, -0.15) is 0 Å². The van der Waals surface area contributed by atoms with E-state index in [1.54, 1.807) is 24.4 Å². The van der Waals surface area contributed by atoms with Gasteiger partial charge in [0.15, 0.2) is 11.2 Å². The van der Waals surface area contributed by atoms with Crippen molar-refractivity contribution in [1.82, 2.24) is 15.8 Å². The summed E-state index contributed by atoms with van der Waals surface area (Å²) in [5.74, 6) is -1.48. The highest BCUT2D eigenvalue weighted by Crippen LogP contribution is 2.31. The standard InChI is InChI=1S/C25H25FN4O4S/c1-15-8-7-11-22(16(15)2)34-17(3)24(33)29-28-23(32)13-12-19-14-35-25(27-19)30(18(4)31)21-10-6-5-9-20(21)26/h5-14,17H,1-4H3,(H,28,32)(H,29,33)/b13-12+. The molecule has 0 aliphatic carbocycles. The Balaban J connectivity index is 1.57. The first-order valence-electron chi connectivity index (χ1n) is 10.7. The molecule has 1 unspecified atom stereocenters. The summed E-state index contributed by atoms with van der Waals surface area (Å²) in [6.45, 7) is 6.73. The van der Waals surface area contributed by atoms with E-state index in [1.807, 2.05) is 26.0 Å². The van der Waals surface area contributed by atoms with Gasteiger partial charge < -0.3 is 4.74 Å².